The number of carbonyl (C=O) groups excluding carboxylic acids is 1. The lowest BCUT2D eigenvalue weighted by Crippen LogP contribution is -2.34. The molecule has 1 amide bonds. The van der Waals surface area contributed by atoms with Gasteiger partial charge in [0.15, 0.2) is 0 Å². The van der Waals surface area contributed by atoms with Gasteiger partial charge in [0.2, 0.25) is 15.9 Å². The Morgan fingerprint density at radius 2 is 2.18 bits per heavy atom. The Morgan fingerprint density at radius 3 is 2.82 bits per heavy atom. The van der Waals surface area contributed by atoms with Crippen LogP contribution in [0.15, 0.2) is 11.1 Å². The molecule has 1 aliphatic heterocycles. The van der Waals surface area contributed by atoms with Gasteiger partial charge in [0, 0.05) is 26.1 Å². The number of amides is 1. The van der Waals surface area contributed by atoms with Crippen molar-refractivity contribution in [2.75, 3.05) is 19.6 Å². The van der Waals surface area contributed by atoms with Crippen LogP contribution in [0, 0.1) is 6.92 Å². The smallest absolute Gasteiger partial charge is 0.246 e. The Kier molecular flexibility index (Phi) is 3.16. The monoisotopic (exact) mass is 258 g/mol. The third-order valence-corrected chi connectivity index (χ3v) is 4.69. The van der Waals surface area contributed by atoms with Crippen molar-refractivity contribution >= 4 is 15.9 Å². The van der Waals surface area contributed by atoms with Crippen LogP contribution in [0.3, 0.4) is 0 Å². The van der Waals surface area contributed by atoms with Gasteiger partial charge in [-0.25, -0.2) is 8.42 Å². The van der Waals surface area contributed by atoms with Crippen LogP contribution in [0.5, 0.6) is 0 Å². The molecule has 2 heterocycles. The molecule has 0 aliphatic carbocycles. The molecule has 1 aliphatic rings. The molecule has 0 bridgehead atoms. The summed E-state index contributed by atoms with van der Waals surface area (Å²) in [5.74, 6) is -0.119. The van der Waals surface area contributed by atoms with E-state index in [1.165, 1.54) is 10.5 Å². The van der Waals surface area contributed by atoms with E-state index in [9.17, 15) is 13.2 Å². The molecule has 7 nitrogen and oxygen atoms in total. The average Bonchev–Trinajstić information content (AvgIpc) is 2.57. The molecule has 2 N–H and O–H groups in total. The average molecular weight is 258 g/mol. The fourth-order valence-electron chi connectivity index (χ4n) is 1.73. The second-order valence-electron chi connectivity index (χ2n) is 3.86. The second-order valence-corrected chi connectivity index (χ2v) is 5.77. The summed E-state index contributed by atoms with van der Waals surface area (Å²) in [6.45, 7) is 2.49. The number of carbonyl (C=O) groups is 1. The van der Waals surface area contributed by atoms with E-state index in [2.05, 4.69) is 15.5 Å². The number of hydrogen-bond acceptors (Lipinski definition) is 4. The molecule has 2 rings (SSSR count). The highest BCUT2D eigenvalue weighted by Gasteiger charge is 2.28. The van der Waals surface area contributed by atoms with Crippen LogP contribution in [0.4, 0.5) is 0 Å². The Balaban J connectivity index is 2.27. The maximum absolute atomic E-state index is 12.3. The van der Waals surface area contributed by atoms with Crippen molar-refractivity contribution in [3.63, 3.8) is 0 Å². The molecule has 8 heteroatoms. The third-order valence-electron chi connectivity index (χ3n) is 2.67. The number of nitrogens with zero attached hydrogens (tertiary/aromatic N) is 2. The van der Waals surface area contributed by atoms with Crippen LogP contribution in [0.25, 0.3) is 0 Å². The summed E-state index contributed by atoms with van der Waals surface area (Å²) >= 11 is 0. The number of sulfonamides is 1. The number of hydrogen-bond donors (Lipinski definition) is 2. The molecule has 1 aromatic rings. The first-order valence-electron chi connectivity index (χ1n) is 5.28. The fraction of sp³-hybridized carbons (Fsp3) is 0.556. The standard InChI is InChI=1S/C9H14N4O3S/c1-7-8(6-11-12-7)17(15,16)13-4-2-9(14)10-3-5-13/h6H,2-5H2,1H3,(H,10,14)(H,11,12). The summed E-state index contributed by atoms with van der Waals surface area (Å²) in [5, 5.41) is 8.95. The summed E-state index contributed by atoms with van der Waals surface area (Å²) in [7, 11) is -3.55. The predicted molar refractivity (Wildman–Crippen MR) is 59.7 cm³/mol. The molecule has 94 valence electrons. The molecule has 17 heavy (non-hydrogen) atoms. The Labute approximate surface area is 99.2 Å². The molecule has 1 fully saturated rings. The molecular weight excluding hydrogens is 244 g/mol. The number of H-pyrrole nitrogens is 1. The van der Waals surface area contributed by atoms with Gasteiger partial charge < -0.3 is 5.32 Å². The molecule has 1 saturated heterocycles. The molecule has 0 radical (unpaired) electrons. The predicted octanol–water partition coefficient (Wildman–Crippen LogP) is -0.771. The number of aryl methyl sites for hydroxylation is 1. The number of rotatable bonds is 2. The fourth-order valence-corrected chi connectivity index (χ4v) is 3.29. The first-order valence-corrected chi connectivity index (χ1v) is 6.72. The zero-order valence-corrected chi connectivity index (χ0v) is 10.2. The van der Waals surface area contributed by atoms with Crippen LogP contribution in [0.2, 0.25) is 0 Å². The zero-order valence-electron chi connectivity index (χ0n) is 9.43. The lowest BCUT2D eigenvalue weighted by molar-refractivity contribution is -0.120. The van der Waals surface area contributed by atoms with Gasteiger partial charge >= 0.3 is 0 Å². The zero-order chi connectivity index (χ0) is 12.5. The minimum atomic E-state index is -3.55. The third kappa shape index (κ3) is 2.32. The van der Waals surface area contributed by atoms with E-state index in [0.29, 0.717) is 18.8 Å². The van der Waals surface area contributed by atoms with Crippen LogP contribution in [-0.2, 0) is 14.8 Å². The van der Waals surface area contributed by atoms with Crippen molar-refractivity contribution < 1.29 is 13.2 Å². The quantitative estimate of drug-likeness (QED) is 0.728. The van der Waals surface area contributed by atoms with Crippen LogP contribution >= 0.6 is 0 Å². The van der Waals surface area contributed by atoms with Crippen molar-refractivity contribution in [1.29, 1.82) is 0 Å². The summed E-state index contributed by atoms with van der Waals surface area (Å²) in [6.07, 6.45) is 1.49. The van der Waals surface area contributed by atoms with Gasteiger partial charge in [0.1, 0.15) is 4.90 Å². The van der Waals surface area contributed by atoms with Gasteiger partial charge in [0.05, 0.1) is 11.9 Å². The van der Waals surface area contributed by atoms with Crippen molar-refractivity contribution in [2.45, 2.75) is 18.2 Å². The SMILES string of the molecule is Cc1[nH]ncc1S(=O)(=O)N1CCNC(=O)CC1. The first kappa shape index (κ1) is 12.1. The minimum Gasteiger partial charge on any atom is -0.355 e. The van der Waals surface area contributed by atoms with Gasteiger partial charge in [0.25, 0.3) is 0 Å². The van der Waals surface area contributed by atoms with Crippen molar-refractivity contribution in [2.24, 2.45) is 0 Å². The topological polar surface area (TPSA) is 95.2 Å². The molecule has 0 saturated carbocycles. The Morgan fingerprint density at radius 1 is 1.41 bits per heavy atom. The molecular formula is C9H14N4O3S. The van der Waals surface area contributed by atoms with Crippen LogP contribution in [-0.4, -0.2) is 48.5 Å². The van der Waals surface area contributed by atoms with Crippen molar-refractivity contribution in [1.82, 2.24) is 19.8 Å². The van der Waals surface area contributed by atoms with E-state index >= 15 is 0 Å². The van der Waals surface area contributed by atoms with E-state index in [-0.39, 0.29) is 23.8 Å². The normalized spacial score (nSPS) is 18.8. The number of aromatic amines is 1. The molecule has 1 aromatic heterocycles. The summed E-state index contributed by atoms with van der Waals surface area (Å²) < 4.78 is 25.8. The van der Waals surface area contributed by atoms with Crippen molar-refractivity contribution in [3.8, 4) is 0 Å². The Hall–Kier alpha value is -1.41. The van der Waals surface area contributed by atoms with E-state index in [0.717, 1.165) is 0 Å². The van der Waals surface area contributed by atoms with E-state index in [4.69, 9.17) is 0 Å². The summed E-state index contributed by atoms with van der Waals surface area (Å²) in [6, 6.07) is 0. The highest BCUT2D eigenvalue weighted by molar-refractivity contribution is 7.89. The summed E-state index contributed by atoms with van der Waals surface area (Å²) in [5.41, 5.74) is 0.508. The van der Waals surface area contributed by atoms with Gasteiger partial charge in [-0.15, -0.1) is 0 Å². The van der Waals surface area contributed by atoms with E-state index in [1.807, 2.05) is 0 Å². The lowest BCUT2D eigenvalue weighted by atomic mass is 10.4. The first-order chi connectivity index (χ1) is 8.01. The van der Waals surface area contributed by atoms with E-state index in [1.54, 1.807) is 6.92 Å². The van der Waals surface area contributed by atoms with Crippen LogP contribution in [0.1, 0.15) is 12.1 Å². The lowest BCUT2D eigenvalue weighted by Gasteiger charge is -2.18. The maximum Gasteiger partial charge on any atom is 0.246 e. The van der Waals surface area contributed by atoms with Gasteiger partial charge in [-0.1, -0.05) is 0 Å². The van der Waals surface area contributed by atoms with Gasteiger partial charge in [-0.2, -0.15) is 9.40 Å². The molecule has 0 unspecified atom stereocenters. The molecule has 0 atom stereocenters. The van der Waals surface area contributed by atoms with Gasteiger partial charge in [-0.3, -0.25) is 9.89 Å². The largest absolute Gasteiger partial charge is 0.355 e. The number of nitrogens with one attached hydrogen (secondary N) is 2. The summed E-state index contributed by atoms with van der Waals surface area (Å²) in [4.78, 5) is 11.3. The minimum absolute atomic E-state index is 0.119. The molecule has 0 aromatic carbocycles. The Bertz CT molecular complexity index is 522. The second kappa shape index (κ2) is 4.46. The highest BCUT2D eigenvalue weighted by atomic mass is 32.2. The van der Waals surface area contributed by atoms with Crippen molar-refractivity contribution in [3.05, 3.63) is 11.9 Å². The van der Waals surface area contributed by atoms with Gasteiger partial charge in [-0.05, 0) is 6.92 Å². The highest BCUT2D eigenvalue weighted by Crippen LogP contribution is 2.18. The van der Waals surface area contributed by atoms with Crippen LogP contribution < -0.4 is 5.32 Å². The maximum atomic E-state index is 12.3. The van der Waals surface area contributed by atoms with E-state index < -0.39 is 10.0 Å². The number of aromatic nitrogens is 2. The molecule has 0 spiro atoms.